The molecule has 2 rings (SSSR count). The van der Waals surface area contributed by atoms with Crippen molar-refractivity contribution < 1.29 is 9.90 Å². The average molecular weight is 206 g/mol. The Bertz CT molecular complexity index is 402. The van der Waals surface area contributed by atoms with Gasteiger partial charge in [0.15, 0.2) is 0 Å². The van der Waals surface area contributed by atoms with Gasteiger partial charge in [-0.1, -0.05) is 6.07 Å². The van der Waals surface area contributed by atoms with Gasteiger partial charge in [0.1, 0.15) is 0 Å². The van der Waals surface area contributed by atoms with Crippen molar-refractivity contribution in [1.82, 2.24) is 4.90 Å². The van der Waals surface area contributed by atoms with E-state index in [-0.39, 0.29) is 0 Å². The van der Waals surface area contributed by atoms with Gasteiger partial charge in [0.05, 0.1) is 0 Å². The number of fused-ring (bicyclic) bond motifs is 1. The molecular formula is C11H14N2O2. The normalized spacial score (nSPS) is 13.9. The van der Waals surface area contributed by atoms with Gasteiger partial charge in [0.25, 0.3) is 0 Å². The van der Waals surface area contributed by atoms with E-state index in [2.05, 4.69) is 6.07 Å². The minimum absolute atomic E-state index is 0.506. The second kappa shape index (κ2) is 3.46. The molecule has 4 heteroatoms. The van der Waals surface area contributed by atoms with Crippen LogP contribution in [0.2, 0.25) is 0 Å². The first-order valence-electron chi connectivity index (χ1n) is 4.85. The molecule has 0 saturated heterocycles. The van der Waals surface area contributed by atoms with Crippen LogP contribution < -0.4 is 4.90 Å². The Kier molecular flexibility index (Phi) is 2.26. The van der Waals surface area contributed by atoms with Gasteiger partial charge in [-0.2, -0.15) is 0 Å². The molecule has 0 radical (unpaired) electrons. The van der Waals surface area contributed by atoms with Gasteiger partial charge in [-0.25, -0.2) is 4.79 Å². The highest BCUT2D eigenvalue weighted by Crippen LogP contribution is 2.26. The van der Waals surface area contributed by atoms with Crippen LogP contribution in [-0.4, -0.2) is 30.2 Å². The first-order chi connectivity index (χ1) is 7.08. The zero-order chi connectivity index (χ0) is 11.0. The molecule has 1 N–H and O–H groups in total. The summed E-state index contributed by atoms with van der Waals surface area (Å²) in [4.78, 5) is 14.2. The molecule has 0 aromatic heterocycles. The molecule has 15 heavy (non-hydrogen) atoms. The van der Waals surface area contributed by atoms with Crippen LogP contribution in [0.15, 0.2) is 18.2 Å². The topological polar surface area (TPSA) is 43.8 Å². The van der Waals surface area contributed by atoms with Crippen LogP contribution in [0.4, 0.5) is 10.5 Å². The van der Waals surface area contributed by atoms with Crippen LogP contribution in [0, 0.1) is 0 Å². The zero-order valence-electron chi connectivity index (χ0n) is 8.90. The summed E-state index contributed by atoms with van der Waals surface area (Å²) in [6.45, 7) is 1.02. The highest BCUT2D eigenvalue weighted by molar-refractivity contribution is 5.67. The lowest BCUT2D eigenvalue weighted by molar-refractivity contribution is 0.145. The SMILES string of the molecule is CN(C)c1ccc2c(c1)CN(C(=O)O)C2. The van der Waals surface area contributed by atoms with E-state index in [9.17, 15) is 4.79 Å². The standard InChI is InChI=1S/C11H14N2O2/c1-12(2)10-4-3-8-6-13(11(14)15)7-9(8)5-10/h3-5H,6-7H2,1-2H3,(H,14,15). The molecule has 80 valence electrons. The van der Waals surface area contributed by atoms with Crippen LogP contribution in [-0.2, 0) is 13.1 Å². The molecule has 1 aromatic carbocycles. The third-order valence-electron chi connectivity index (χ3n) is 2.70. The Labute approximate surface area is 88.7 Å². The maximum atomic E-state index is 10.8. The van der Waals surface area contributed by atoms with Crippen LogP contribution in [0.5, 0.6) is 0 Å². The van der Waals surface area contributed by atoms with Gasteiger partial charge in [-0.15, -0.1) is 0 Å². The van der Waals surface area contributed by atoms with Gasteiger partial charge >= 0.3 is 6.09 Å². The van der Waals surface area contributed by atoms with E-state index in [1.54, 1.807) is 0 Å². The average Bonchev–Trinajstić information content (AvgIpc) is 2.59. The largest absolute Gasteiger partial charge is 0.465 e. The molecule has 1 amide bonds. The molecule has 0 spiro atoms. The summed E-state index contributed by atoms with van der Waals surface area (Å²) in [5.41, 5.74) is 3.34. The van der Waals surface area contributed by atoms with Crippen molar-refractivity contribution in [3.63, 3.8) is 0 Å². The van der Waals surface area contributed by atoms with E-state index in [1.807, 2.05) is 31.1 Å². The predicted octanol–water partition coefficient (Wildman–Crippen LogP) is 1.75. The fourth-order valence-electron chi connectivity index (χ4n) is 1.79. The van der Waals surface area contributed by atoms with E-state index in [1.165, 1.54) is 4.90 Å². The van der Waals surface area contributed by atoms with E-state index in [0.717, 1.165) is 16.8 Å². The first-order valence-corrected chi connectivity index (χ1v) is 4.85. The Balaban J connectivity index is 2.27. The number of anilines is 1. The number of benzene rings is 1. The highest BCUT2D eigenvalue weighted by Gasteiger charge is 2.22. The maximum Gasteiger partial charge on any atom is 0.407 e. The van der Waals surface area contributed by atoms with Crippen LogP contribution >= 0.6 is 0 Å². The summed E-state index contributed by atoms with van der Waals surface area (Å²) in [5, 5.41) is 8.88. The fraction of sp³-hybridized carbons (Fsp3) is 0.364. The van der Waals surface area contributed by atoms with Crippen molar-refractivity contribution in [2.75, 3.05) is 19.0 Å². The van der Waals surface area contributed by atoms with Crippen LogP contribution in [0.3, 0.4) is 0 Å². The van der Waals surface area contributed by atoms with Gasteiger partial charge in [0, 0.05) is 32.9 Å². The quantitative estimate of drug-likeness (QED) is 0.761. The van der Waals surface area contributed by atoms with Crippen molar-refractivity contribution in [2.45, 2.75) is 13.1 Å². The Morgan fingerprint density at radius 1 is 1.33 bits per heavy atom. The van der Waals surface area contributed by atoms with Crippen LogP contribution in [0.25, 0.3) is 0 Å². The summed E-state index contributed by atoms with van der Waals surface area (Å²) in [6.07, 6.45) is -0.849. The minimum Gasteiger partial charge on any atom is -0.465 e. The summed E-state index contributed by atoms with van der Waals surface area (Å²) < 4.78 is 0. The molecule has 1 aliphatic heterocycles. The van der Waals surface area contributed by atoms with E-state index < -0.39 is 6.09 Å². The summed E-state index contributed by atoms with van der Waals surface area (Å²) in [7, 11) is 3.96. The predicted molar refractivity (Wildman–Crippen MR) is 58.0 cm³/mol. The molecule has 0 aliphatic carbocycles. The van der Waals surface area contributed by atoms with Gasteiger partial charge in [0.2, 0.25) is 0 Å². The number of carboxylic acid groups (broad SMARTS) is 1. The third-order valence-corrected chi connectivity index (χ3v) is 2.70. The van der Waals surface area contributed by atoms with E-state index >= 15 is 0 Å². The van der Waals surface area contributed by atoms with Crippen LogP contribution in [0.1, 0.15) is 11.1 Å². The summed E-state index contributed by atoms with van der Waals surface area (Å²) >= 11 is 0. The van der Waals surface area contributed by atoms with Crippen molar-refractivity contribution in [3.05, 3.63) is 29.3 Å². The molecule has 0 unspecified atom stereocenters. The Morgan fingerprint density at radius 3 is 2.60 bits per heavy atom. The monoisotopic (exact) mass is 206 g/mol. The van der Waals surface area contributed by atoms with Gasteiger partial charge in [-0.05, 0) is 23.3 Å². The molecule has 0 atom stereocenters. The molecule has 4 nitrogen and oxygen atoms in total. The lowest BCUT2D eigenvalue weighted by atomic mass is 10.1. The smallest absolute Gasteiger partial charge is 0.407 e. The number of nitrogens with zero attached hydrogens (tertiary/aromatic N) is 2. The number of hydrogen-bond acceptors (Lipinski definition) is 2. The number of hydrogen-bond donors (Lipinski definition) is 1. The number of carbonyl (C=O) groups is 1. The molecule has 0 fully saturated rings. The van der Waals surface area contributed by atoms with Crippen molar-refractivity contribution >= 4 is 11.8 Å². The van der Waals surface area contributed by atoms with Crippen molar-refractivity contribution in [3.8, 4) is 0 Å². The summed E-state index contributed by atoms with van der Waals surface area (Å²) in [6, 6.07) is 6.08. The zero-order valence-corrected chi connectivity index (χ0v) is 8.90. The number of amides is 1. The first kappa shape index (κ1) is 9.83. The molecule has 1 heterocycles. The molecule has 1 aliphatic rings. The maximum absolute atomic E-state index is 10.8. The van der Waals surface area contributed by atoms with Gasteiger partial charge < -0.3 is 10.0 Å². The highest BCUT2D eigenvalue weighted by atomic mass is 16.4. The molecular weight excluding hydrogens is 192 g/mol. The minimum atomic E-state index is -0.849. The van der Waals surface area contributed by atoms with Crippen molar-refractivity contribution in [1.29, 1.82) is 0 Å². The molecule has 1 aromatic rings. The van der Waals surface area contributed by atoms with Crippen molar-refractivity contribution in [2.24, 2.45) is 0 Å². The second-order valence-corrected chi connectivity index (χ2v) is 3.99. The van der Waals surface area contributed by atoms with Gasteiger partial charge in [-0.3, -0.25) is 4.90 Å². The molecule has 0 bridgehead atoms. The Morgan fingerprint density at radius 2 is 2.00 bits per heavy atom. The van der Waals surface area contributed by atoms with E-state index in [0.29, 0.717) is 13.1 Å². The third kappa shape index (κ3) is 1.75. The summed E-state index contributed by atoms with van der Waals surface area (Å²) in [5.74, 6) is 0. The molecule has 0 saturated carbocycles. The second-order valence-electron chi connectivity index (χ2n) is 3.99. The lowest BCUT2D eigenvalue weighted by Gasteiger charge is -2.13. The lowest BCUT2D eigenvalue weighted by Crippen LogP contribution is -2.22. The Hall–Kier alpha value is -1.71. The fourth-order valence-corrected chi connectivity index (χ4v) is 1.79. The van der Waals surface area contributed by atoms with E-state index in [4.69, 9.17) is 5.11 Å². The number of rotatable bonds is 1.